The first kappa shape index (κ1) is 28.8. The van der Waals surface area contributed by atoms with Gasteiger partial charge in [0.05, 0.1) is 18.6 Å². The molecule has 1 aromatic carbocycles. The zero-order valence-electron chi connectivity index (χ0n) is 23.7. The Kier molecular flexibility index (Phi) is 8.36. The Balaban J connectivity index is 1.13. The highest BCUT2D eigenvalue weighted by atomic mass is 32.2. The molecular formula is C30H34N8O4S. The normalized spacial score (nSPS) is 18.0. The minimum absolute atomic E-state index is 0.0399. The Labute approximate surface area is 250 Å². The highest BCUT2D eigenvalue weighted by molar-refractivity contribution is 7.92. The number of carbonyl (C=O) groups is 1. The standard InChI is InChI=1S/C30H34N8O4S/c1-2-27(39)34-24-4-3-11-37(19-24)18-21-9-10-31-28(16-21)43(40,41)36-23-7-5-22(6-8-23)26-17-25-29(35-26)32-20-33-30(25)38-12-14-42-15-13-38/h2,5-10,16-17,20,24,36H,1,3-4,11-15,18-19H2,(H,34,39)(H,32,33,35)/t24-/m1/s1. The van der Waals surface area contributed by atoms with E-state index in [1.54, 1.807) is 24.5 Å². The molecular weight excluding hydrogens is 568 g/mol. The summed E-state index contributed by atoms with van der Waals surface area (Å²) in [5.41, 5.74) is 3.75. The van der Waals surface area contributed by atoms with Crippen molar-refractivity contribution in [2.75, 3.05) is 49.0 Å². The van der Waals surface area contributed by atoms with Gasteiger partial charge in [-0.15, -0.1) is 0 Å². The predicted molar refractivity (Wildman–Crippen MR) is 164 cm³/mol. The summed E-state index contributed by atoms with van der Waals surface area (Å²) in [4.78, 5) is 32.5. The van der Waals surface area contributed by atoms with Crippen molar-refractivity contribution in [1.82, 2.24) is 30.2 Å². The van der Waals surface area contributed by atoms with Gasteiger partial charge in [-0.05, 0) is 66.9 Å². The molecule has 0 bridgehead atoms. The minimum atomic E-state index is -3.91. The van der Waals surface area contributed by atoms with Crippen molar-refractivity contribution < 1.29 is 17.9 Å². The summed E-state index contributed by atoms with van der Waals surface area (Å²) >= 11 is 0. The minimum Gasteiger partial charge on any atom is -0.378 e. The van der Waals surface area contributed by atoms with E-state index >= 15 is 0 Å². The maximum Gasteiger partial charge on any atom is 0.279 e. The van der Waals surface area contributed by atoms with Crippen LogP contribution in [0.5, 0.6) is 0 Å². The van der Waals surface area contributed by atoms with Gasteiger partial charge in [-0.3, -0.25) is 14.4 Å². The molecule has 5 heterocycles. The number of amides is 1. The third kappa shape index (κ3) is 6.69. The second kappa shape index (κ2) is 12.5. The Bertz CT molecular complexity index is 1720. The van der Waals surface area contributed by atoms with Crippen LogP contribution in [0, 0.1) is 0 Å². The van der Waals surface area contributed by atoms with Crippen LogP contribution in [0.15, 0.2) is 72.7 Å². The van der Waals surface area contributed by atoms with Gasteiger partial charge in [0.25, 0.3) is 10.0 Å². The number of nitrogens with one attached hydrogen (secondary N) is 3. The van der Waals surface area contributed by atoms with Gasteiger partial charge in [-0.1, -0.05) is 18.7 Å². The zero-order valence-corrected chi connectivity index (χ0v) is 24.5. The molecule has 4 aromatic rings. The maximum absolute atomic E-state index is 13.2. The van der Waals surface area contributed by atoms with Gasteiger partial charge in [-0.2, -0.15) is 8.42 Å². The van der Waals surface area contributed by atoms with Crippen molar-refractivity contribution in [1.29, 1.82) is 0 Å². The second-order valence-corrected chi connectivity index (χ2v) is 12.3. The largest absolute Gasteiger partial charge is 0.378 e. The van der Waals surface area contributed by atoms with Crippen molar-refractivity contribution in [2.24, 2.45) is 0 Å². The molecule has 0 spiro atoms. The van der Waals surface area contributed by atoms with E-state index in [1.807, 2.05) is 24.3 Å². The Morgan fingerprint density at radius 3 is 2.70 bits per heavy atom. The van der Waals surface area contributed by atoms with Gasteiger partial charge in [0.15, 0.2) is 5.03 Å². The van der Waals surface area contributed by atoms with E-state index < -0.39 is 10.0 Å². The fourth-order valence-corrected chi connectivity index (χ4v) is 6.62. The summed E-state index contributed by atoms with van der Waals surface area (Å²) < 4.78 is 34.6. The third-order valence-corrected chi connectivity index (χ3v) is 8.96. The second-order valence-electron chi connectivity index (χ2n) is 10.7. The number of ether oxygens (including phenoxy) is 1. The molecule has 0 saturated carbocycles. The summed E-state index contributed by atoms with van der Waals surface area (Å²) in [6, 6.07) is 12.6. The molecule has 2 fully saturated rings. The molecule has 0 radical (unpaired) electrons. The topological polar surface area (TPSA) is 145 Å². The first-order valence-electron chi connectivity index (χ1n) is 14.3. The number of pyridine rings is 1. The lowest BCUT2D eigenvalue weighted by Gasteiger charge is -2.33. The van der Waals surface area contributed by atoms with E-state index in [0.717, 1.165) is 66.1 Å². The van der Waals surface area contributed by atoms with Gasteiger partial charge < -0.3 is 19.9 Å². The summed E-state index contributed by atoms with van der Waals surface area (Å²) in [6.45, 7) is 8.49. The lowest BCUT2D eigenvalue weighted by molar-refractivity contribution is -0.117. The highest BCUT2D eigenvalue weighted by Gasteiger charge is 2.23. The average Bonchev–Trinajstić information content (AvgIpc) is 3.47. The van der Waals surface area contributed by atoms with Crippen LogP contribution in [0.3, 0.4) is 0 Å². The lowest BCUT2D eigenvalue weighted by atomic mass is 10.0. The molecule has 6 rings (SSSR count). The number of benzene rings is 1. The summed E-state index contributed by atoms with van der Waals surface area (Å²) in [6.07, 6.45) is 6.19. The van der Waals surface area contributed by atoms with Crippen molar-refractivity contribution in [3.05, 3.63) is 73.2 Å². The van der Waals surface area contributed by atoms with Gasteiger partial charge in [-0.25, -0.2) is 15.0 Å². The van der Waals surface area contributed by atoms with Crippen LogP contribution in [0.4, 0.5) is 11.5 Å². The molecule has 224 valence electrons. The van der Waals surface area contributed by atoms with Crippen LogP contribution in [-0.2, 0) is 26.1 Å². The molecule has 2 saturated heterocycles. The summed E-state index contributed by atoms with van der Waals surface area (Å²) in [5, 5.41) is 3.83. The number of aromatic nitrogens is 4. The van der Waals surface area contributed by atoms with Crippen LogP contribution in [0.25, 0.3) is 22.3 Å². The van der Waals surface area contributed by atoms with Gasteiger partial charge in [0.1, 0.15) is 17.8 Å². The van der Waals surface area contributed by atoms with Gasteiger partial charge >= 0.3 is 0 Å². The molecule has 1 atom stereocenters. The number of aromatic amines is 1. The molecule has 13 heteroatoms. The van der Waals surface area contributed by atoms with Crippen LogP contribution < -0.4 is 14.9 Å². The average molecular weight is 603 g/mol. The number of hydrogen-bond donors (Lipinski definition) is 3. The molecule has 43 heavy (non-hydrogen) atoms. The van der Waals surface area contributed by atoms with E-state index in [0.29, 0.717) is 32.0 Å². The summed E-state index contributed by atoms with van der Waals surface area (Å²) in [7, 11) is -3.91. The van der Waals surface area contributed by atoms with Crippen molar-refractivity contribution in [3.63, 3.8) is 0 Å². The van der Waals surface area contributed by atoms with Gasteiger partial charge in [0.2, 0.25) is 5.91 Å². The highest BCUT2D eigenvalue weighted by Crippen LogP contribution is 2.30. The first-order valence-corrected chi connectivity index (χ1v) is 15.8. The maximum atomic E-state index is 13.2. The Morgan fingerprint density at radius 2 is 1.91 bits per heavy atom. The smallest absolute Gasteiger partial charge is 0.279 e. The molecule has 1 amide bonds. The molecule has 2 aliphatic rings. The van der Waals surface area contributed by atoms with E-state index in [9.17, 15) is 13.2 Å². The Hall–Kier alpha value is -4.33. The number of rotatable bonds is 9. The molecule has 3 N–H and O–H groups in total. The van der Waals surface area contributed by atoms with Crippen molar-refractivity contribution in [2.45, 2.75) is 30.5 Å². The number of hydrogen-bond acceptors (Lipinski definition) is 9. The van der Waals surface area contributed by atoms with E-state index in [-0.39, 0.29) is 17.0 Å². The number of carbonyl (C=O) groups excluding carboxylic acids is 1. The van der Waals surface area contributed by atoms with Gasteiger partial charge in [0, 0.05) is 49.8 Å². The quantitative estimate of drug-likeness (QED) is 0.246. The fourth-order valence-electron chi connectivity index (χ4n) is 5.57. The van der Waals surface area contributed by atoms with Crippen molar-refractivity contribution >= 4 is 38.5 Å². The fraction of sp³-hybridized carbons (Fsp3) is 0.333. The van der Waals surface area contributed by atoms with Crippen molar-refractivity contribution in [3.8, 4) is 11.3 Å². The van der Waals surface area contributed by atoms with E-state index in [2.05, 4.69) is 46.4 Å². The zero-order chi connectivity index (χ0) is 29.8. The number of morpholine rings is 1. The molecule has 2 aliphatic heterocycles. The summed E-state index contributed by atoms with van der Waals surface area (Å²) in [5.74, 6) is 0.686. The van der Waals surface area contributed by atoms with Crippen LogP contribution in [0.1, 0.15) is 18.4 Å². The SMILES string of the molecule is C=CC(=O)N[C@@H]1CCCN(Cc2ccnc(S(=O)(=O)Nc3ccc(-c4cc5c(N6CCOCC6)ncnc5[nH]4)cc3)c2)C1. The molecule has 0 unspecified atom stereocenters. The molecule has 3 aromatic heterocycles. The number of anilines is 2. The third-order valence-electron chi connectivity index (χ3n) is 7.68. The number of piperidine rings is 1. The van der Waals surface area contributed by atoms with Crippen LogP contribution in [-0.4, -0.2) is 84.6 Å². The molecule has 12 nitrogen and oxygen atoms in total. The van der Waals surface area contributed by atoms with Crippen LogP contribution in [0.2, 0.25) is 0 Å². The first-order chi connectivity index (χ1) is 20.9. The van der Waals surface area contributed by atoms with Crippen LogP contribution >= 0.6 is 0 Å². The number of likely N-dealkylation sites (tertiary alicyclic amines) is 1. The Morgan fingerprint density at radius 1 is 1.09 bits per heavy atom. The number of H-pyrrole nitrogens is 1. The monoisotopic (exact) mass is 602 g/mol. The van der Waals surface area contributed by atoms with E-state index in [4.69, 9.17) is 4.74 Å². The number of sulfonamides is 1. The number of fused-ring (bicyclic) bond motifs is 1. The lowest BCUT2D eigenvalue weighted by Crippen LogP contribution is -2.46. The predicted octanol–water partition coefficient (Wildman–Crippen LogP) is 2.92. The van der Waals surface area contributed by atoms with E-state index in [1.165, 1.54) is 12.3 Å². The molecule has 0 aliphatic carbocycles. The number of nitrogens with zero attached hydrogens (tertiary/aromatic N) is 5.